The van der Waals surface area contributed by atoms with Crippen molar-refractivity contribution >= 4 is 15.7 Å². The highest BCUT2D eigenvalue weighted by Gasteiger charge is 2.29. The predicted molar refractivity (Wildman–Crippen MR) is 81.6 cm³/mol. The van der Waals surface area contributed by atoms with Gasteiger partial charge in [0, 0.05) is 12.6 Å². The van der Waals surface area contributed by atoms with Crippen LogP contribution in [0, 0.1) is 5.92 Å². The summed E-state index contributed by atoms with van der Waals surface area (Å²) >= 11 is 0. The first kappa shape index (κ1) is 14.8. The summed E-state index contributed by atoms with van der Waals surface area (Å²) < 4.78 is 27.4. The lowest BCUT2D eigenvalue weighted by atomic mass is 10.1. The van der Waals surface area contributed by atoms with Gasteiger partial charge in [-0.15, -0.1) is 0 Å². The number of para-hydroxylation sites is 1. The van der Waals surface area contributed by atoms with Crippen molar-refractivity contribution in [2.24, 2.45) is 5.92 Å². The van der Waals surface area contributed by atoms with Crippen molar-refractivity contribution in [3.63, 3.8) is 0 Å². The molecule has 2 saturated carbocycles. The van der Waals surface area contributed by atoms with Gasteiger partial charge < -0.3 is 10.4 Å². The van der Waals surface area contributed by atoms with E-state index in [1.807, 2.05) is 6.07 Å². The van der Waals surface area contributed by atoms with Crippen molar-refractivity contribution in [1.29, 1.82) is 0 Å². The Balaban J connectivity index is 1.70. The van der Waals surface area contributed by atoms with E-state index in [1.165, 1.54) is 0 Å². The minimum atomic E-state index is -3.45. The number of hydrogen-bond donors (Lipinski definition) is 3. The largest absolute Gasteiger partial charge is 0.393 e. The number of aliphatic hydroxyl groups excluding tert-OH is 1. The Kier molecular flexibility index (Phi) is 4.19. The van der Waals surface area contributed by atoms with Crippen molar-refractivity contribution in [1.82, 2.24) is 4.72 Å². The summed E-state index contributed by atoms with van der Waals surface area (Å²) in [7, 11) is -3.45. The maximum absolute atomic E-state index is 12.4. The third-order valence-electron chi connectivity index (χ3n) is 4.17. The minimum Gasteiger partial charge on any atom is -0.393 e. The van der Waals surface area contributed by atoms with E-state index >= 15 is 0 Å². The third kappa shape index (κ3) is 3.75. The molecule has 6 heteroatoms. The molecule has 0 amide bonds. The second-order valence-corrected chi connectivity index (χ2v) is 7.79. The lowest BCUT2D eigenvalue weighted by Crippen LogP contribution is -2.27. The zero-order chi connectivity index (χ0) is 14.9. The molecule has 0 radical (unpaired) electrons. The second-order valence-electron chi connectivity index (χ2n) is 6.11. The average molecular weight is 310 g/mol. The van der Waals surface area contributed by atoms with E-state index in [-0.39, 0.29) is 12.1 Å². The van der Waals surface area contributed by atoms with Crippen molar-refractivity contribution < 1.29 is 13.5 Å². The Bertz CT molecular complexity index is 599. The van der Waals surface area contributed by atoms with Gasteiger partial charge in [0.25, 0.3) is 0 Å². The van der Waals surface area contributed by atoms with Gasteiger partial charge in [-0.2, -0.15) is 0 Å². The van der Waals surface area contributed by atoms with Gasteiger partial charge in [0.2, 0.25) is 10.0 Å². The lowest BCUT2D eigenvalue weighted by Gasteiger charge is -2.15. The zero-order valence-electron chi connectivity index (χ0n) is 12.0. The molecule has 2 aliphatic rings. The van der Waals surface area contributed by atoms with Gasteiger partial charge in [0.1, 0.15) is 4.90 Å². The predicted octanol–water partition coefficient (Wildman–Crippen LogP) is 1.70. The Morgan fingerprint density at radius 3 is 2.57 bits per heavy atom. The van der Waals surface area contributed by atoms with Gasteiger partial charge in [-0.25, -0.2) is 13.1 Å². The van der Waals surface area contributed by atoms with Gasteiger partial charge in [-0.05, 0) is 50.2 Å². The summed E-state index contributed by atoms with van der Waals surface area (Å²) in [5, 5.41) is 12.8. The Morgan fingerprint density at radius 2 is 1.90 bits per heavy atom. The van der Waals surface area contributed by atoms with E-state index in [1.54, 1.807) is 18.2 Å². The molecule has 3 rings (SSSR count). The highest BCUT2D eigenvalue weighted by molar-refractivity contribution is 7.89. The molecule has 116 valence electrons. The molecule has 1 aromatic rings. The number of hydrogen-bond acceptors (Lipinski definition) is 4. The Hall–Kier alpha value is -1.11. The number of aliphatic hydroxyl groups is 1. The molecule has 2 unspecified atom stereocenters. The highest BCUT2D eigenvalue weighted by atomic mass is 32.2. The molecular formula is C15H22N2O3S. The van der Waals surface area contributed by atoms with Crippen molar-refractivity contribution in [2.75, 3.05) is 11.9 Å². The van der Waals surface area contributed by atoms with Crippen LogP contribution in [0.4, 0.5) is 5.69 Å². The van der Waals surface area contributed by atoms with E-state index in [9.17, 15) is 13.5 Å². The SMILES string of the molecule is O=S(=O)(NC1CC1)c1ccccc1NCC1CCC(O)C1. The van der Waals surface area contributed by atoms with Crippen LogP contribution in [-0.2, 0) is 10.0 Å². The lowest BCUT2D eigenvalue weighted by molar-refractivity contribution is 0.178. The van der Waals surface area contributed by atoms with Crippen LogP contribution in [0.3, 0.4) is 0 Å². The molecule has 0 aliphatic heterocycles. The minimum absolute atomic E-state index is 0.105. The maximum Gasteiger partial charge on any atom is 0.242 e. The van der Waals surface area contributed by atoms with Gasteiger partial charge in [0.05, 0.1) is 11.8 Å². The number of benzene rings is 1. The molecule has 0 aromatic heterocycles. The standard InChI is InChI=1S/C15H22N2O3S/c18-13-8-5-11(9-13)10-16-14-3-1-2-4-15(14)21(19,20)17-12-6-7-12/h1-4,11-13,16-18H,5-10H2. The van der Waals surface area contributed by atoms with Crippen LogP contribution >= 0.6 is 0 Å². The van der Waals surface area contributed by atoms with E-state index in [4.69, 9.17) is 0 Å². The first-order valence-electron chi connectivity index (χ1n) is 7.58. The molecule has 21 heavy (non-hydrogen) atoms. The first-order chi connectivity index (χ1) is 10.0. The molecule has 2 aliphatic carbocycles. The maximum atomic E-state index is 12.4. The topological polar surface area (TPSA) is 78.4 Å². The number of rotatable bonds is 6. The molecule has 5 nitrogen and oxygen atoms in total. The van der Waals surface area contributed by atoms with E-state index in [0.29, 0.717) is 23.0 Å². The fourth-order valence-corrected chi connectivity index (χ4v) is 4.31. The summed E-state index contributed by atoms with van der Waals surface area (Å²) in [5.41, 5.74) is 0.645. The molecule has 2 atom stereocenters. The molecule has 0 heterocycles. The van der Waals surface area contributed by atoms with Crippen LogP contribution in [-0.4, -0.2) is 32.2 Å². The third-order valence-corrected chi connectivity index (χ3v) is 5.75. The van der Waals surface area contributed by atoms with Crippen LogP contribution in [0.1, 0.15) is 32.1 Å². The molecule has 3 N–H and O–H groups in total. The van der Waals surface area contributed by atoms with Crippen LogP contribution in [0.2, 0.25) is 0 Å². The fourth-order valence-electron chi connectivity index (χ4n) is 2.82. The molecule has 0 spiro atoms. The average Bonchev–Trinajstić information content (AvgIpc) is 3.15. The van der Waals surface area contributed by atoms with Gasteiger partial charge >= 0.3 is 0 Å². The second kappa shape index (κ2) is 5.94. The fraction of sp³-hybridized carbons (Fsp3) is 0.600. The molecule has 0 saturated heterocycles. The highest BCUT2D eigenvalue weighted by Crippen LogP contribution is 2.28. The number of sulfonamides is 1. The van der Waals surface area contributed by atoms with Crippen molar-refractivity contribution in [3.8, 4) is 0 Å². The molecule has 1 aromatic carbocycles. The van der Waals surface area contributed by atoms with Gasteiger partial charge in [-0.1, -0.05) is 12.1 Å². The van der Waals surface area contributed by atoms with Crippen molar-refractivity contribution in [3.05, 3.63) is 24.3 Å². The zero-order valence-corrected chi connectivity index (χ0v) is 12.8. The monoisotopic (exact) mass is 310 g/mol. The van der Waals surface area contributed by atoms with Gasteiger partial charge in [0.15, 0.2) is 0 Å². The van der Waals surface area contributed by atoms with Crippen LogP contribution in [0.5, 0.6) is 0 Å². The molecule has 0 bridgehead atoms. The van der Waals surface area contributed by atoms with E-state index in [2.05, 4.69) is 10.0 Å². The van der Waals surface area contributed by atoms with Crippen LogP contribution in [0.15, 0.2) is 29.2 Å². The quantitative estimate of drug-likeness (QED) is 0.747. The number of anilines is 1. The smallest absolute Gasteiger partial charge is 0.242 e. The normalized spacial score (nSPS) is 26.0. The van der Waals surface area contributed by atoms with E-state index < -0.39 is 10.0 Å². The summed E-state index contributed by atoms with van der Waals surface area (Å²) in [6.45, 7) is 0.701. The first-order valence-corrected chi connectivity index (χ1v) is 9.06. The van der Waals surface area contributed by atoms with Crippen LogP contribution in [0.25, 0.3) is 0 Å². The number of nitrogens with one attached hydrogen (secondary N) is 2. The Morgan fingerprint density at radius 1 is 1.14 bits per heavy atom. The summed E-state index contributed by atoms with van der Waals surface area (Å²) in [4.78, 5) is 0.315. The van der Waals surface area contributed by atoms with Gasteiger partial charge in [-0.3, -0.25) is 0 Å². The molecular weight excluding hydrogens is 288 g/mol. The van der Waals surface area contributed by atoms with E-state index in [0.717, 1.165) is 32.1 Å². The Labute approximate surface area is 125 Å². The summed E-state index contributed by atoms with van der Waals surface area (Å²) in [6, 6.07) is 7.12. The van der Waals surface area contributed by atoms with Crippen LogP contribution < -0.4 is 10.0 Å². The summed E-state index contributed by atoms with van der Waals surface area (Å²) in [6.07, 6.45) is 4.28. The summed E-state index contributed by atoms with van der Waals surface area (Å²) in [5.74, 6) is 0.409. The van der Waals surface area contributed by atoms with Crippen molar-refractivity contribution in [2.45, 2.75) is 49.1 Å². The molecule has 2 fully saturated rings.